The number of aromatic nitrogens is 1. The molecule has 2 heterocycles. The predicted molar refractivity (Wildman–Crippen MR) is 86.6 cm³/mol. The maximum atomic E-state index is 13.4. The Labute approximate surface area is 144 Å². The minimum Gasteiger partial charge on any atom is -0.362 e. The first kappa shape index (κ1) is 19.4. The number of rotatable bonds is 7. The summed E-state index contributed by atoms with van der Waals surface area (Å²) in [4.78, 5) is 16.1. The smallest absolute Gasteiger partial charge is 0.362 e. The summed E-state index contributed by atoms with van der Waals surface area (Å²) in [5, 5.41) is 14.2. The SMILES string of the molecule is CCCCCCCC(=O)N1N=C(c2cccnc2)C[C@]1(O)C(F)(F)F. The van der Waals surface area contributed by atoms with E-state index in [1.165, 1.54) is 12.4 Å². The van der Waals surface area contributed by atoms with Gasteiger partial charge >= 0.3 is 6.18 Å². The zero-order valence-electron chi connectivity index (χ0n) is 14.1. The number of hydrazone groups is 1. The number of carbonyl (C=O) groups is 1. The molecule has 0 bridgehead atoms. The summed E-state index contributed by atoms with van der Waals surface area (Å²) in [5.74, 6) is -0.824. The van der Waals surface area contributed by atoms with Gasteiger partial charge in [-0.15, -0.1) is 0 Å². The molecule has 1 aliphatic heterocycles. The third-order valence-electron chi connectivity index (χ3n) is 4.16. The fraction of sp³-hybridized carbons (Fsp3) is 0.588. The van der Waals surface area contributed by atoms with E-state index >= 15 is 0 Å². The zero-order valence-corrected chi connectivity index (χ0v) is 14.1. The molecule has 0 aliphatic carbocycles. The second kappa shape index (κ2) is 7.95. The van der Waals surface area contributed by atoms with Gasteiger partial charge in [0.25, 0.3) is 5.72 Å². The number of nitrogens with zero attached hydrogens (tertiary/aromatic N) is 3. The number of pyridine rings is 1. The first-order valence-corrected chi connectivity index (χ1v) is 8.39. The first-order chi connectivity index (χ1) is 11.8. The lowest BCUT2D eigenvalue weighted by Crippen LogP contribution is -2.56. The van der Waals surface area contributed by atoms with E-state index in [1.54, 1.807) is 12.1 Å². The van der Waals surface area contributed by atoms with Crippen molar-refractivity contribution in [2.45, 2.75) is 63.8 Å². The van der Waals surface area contributed by atoms with Crippen molar-refractivity contribution >= 4 is 11.6 Å². The Morgan fingerprint density at radius 3 is 2.64 bits per heavy atom. The normalized spacial score (nSPS) is 20.7. The van der Waals surface area contributed by atoms with Crippen LogP contribution in [-0.2, 0) is 4.79 Å². The summed E-state index contributed by atoms with van der Waals surface area (Å²) in [6, 6.07) is 3.10. The van der Waals surface area contributed by atoms with Gasteiger partial charge in [0.05, 0.1) is 12.1 Å². The van der Waals surface area contributed by atoms with Crippen LogP contribution in [0.25, 0.3) is 0 Å². The molecule has 5 nitrogen and oxygen atoms in total. The molecule has 1 N–H and O–H groups in total. The van der Waals surface area contributed by atoms with Crippen LogP contribution in [-0.4, -0.2) is 38.6 Å². The second-order valence-electron chi connectivity index (χ2n) is 6.15. The summed E-state index contributed by atoms with van der Waals surface area (Å²) in [6.07, 6.45) is 1.17. The number of halogens is 3. The summed E-state index contributed by atoms with van der Waals surface area (Å²) >= 11 is 0. The highest BCUT2D eigenvalue weighted by Crippen LogP contribution is 2.41. The minimum absolute atomic E-state index is 0.00717. The lowest BCUT2D eigenvalue weighted by Gasteiger charge is -2.32. The number of unbranched alkanes of at least 4 members (excludes halogenated alkanes) is 4. The average Bonchev–Trinajstić information content (AvgIpc) is 2.94. The Kier molecular flexibility index (Phi) is 6.16. The van der Waals surface area contributed by atoms with Gasteiger partial charge in [-0.3, -0.25) is 9.78 Å². The van der Waals surface area contributed by atoms with Gasteiger partial charge in [0.1, 0.15) is 0 Å². The highest BCUT2D eigenvalue weighted by Gasteiger charge is 2.63. The van der Waals surface area contributed by atoms with E-state index in [-0.39, 0.29) is 17.1 Å². The second-order valence-corrected chi connectivity index (χ2v) is 6.15. The first-order valence-electron chi connectivity index (χ1n) is 8.39. The molecule has 0 spiro atoms. The lowest BCUT2D eigenvalue weighted by molar-refractivity contribution is -0.302. The van der Waals surface area contributed by atoms with Crippen molar-refractivity contribution in [2.75, 3.05) is 0 Å². The van der Waals surface area contributed by atoms with Gasteiger partial charge in [0, 0.05) is 24.4 Å². The molecular formula is C17H22F3N3O2. The van der Waals surface area contributed by atoms with Crippen LogP contribution in [0.4, 0.5) is 13.2 Å². The molecule has 0 fully saturated rings. The van der Waals surface area contributed by atoms with Crippen LogP contribution in [0, 0.1) is 0 Å². The van der Waals surface area contributed by atoms with Crippen molar-refractivity contribution in [1.29, 1.82) is 0 Å². The fourth-order valence-electron chi connectivity index (χ4n) is 2.71. The summed E-state index contributed by atoms with van der Waals surface area (Å²) in [6.45, 7) is 2.05. The number of aliphatic hydroxyl groups is 1. The molecule has 25 heavy (non-hydrogen) atoms. The van der Waals surface area contributed by atoms with Gasteiger partial charge in [0.2, 0.25) is 5.91 Å². The van der Waals surface area contributed by atoms with E-state index in [9.17, 15) is 23.1 Å². The van der Waals surface area contributed by atoms with Gasteiger partial charge in [0.15, 0.2) is 0 Å². The summed E-state index contributed by atoms with van der Waals surface area (Å²) in [7, 11) is 0. The van der Waals surface area contributed by atoms with Crippen molar-refractivity contribution in [3.63, 3.8) is 0 Å². The molecule has 0 saturated carbocycles. The largest absolute Gasteiger partial charge is 0.438 e. The molecule has 1 atom stereocenters. The Balaban J connectivity index is 2.15. The van der Waals surface area contributed by atoms with Crippen LogP contribution >= 0.6 is 0 Å². The van der Waals surface area contributed by atoms with Gasteiger partial charge in [-0.1, -0.05) is 38.7 Å². The van der Waals surface area contributed by atoms with Gasteiger partial charge < -0.3 is 5.11 Å². The van der Waals surface area contributed by atoms with E-state index in [1.807, 2.05) is 6.92 Å². The van der Waals surface area contributed by atoms with E-state index in [0.717, 1.165) is 25.7 Å². The Morgan fingerprint density at radius 1 is 1.32 bits per heavy atom. The van der Waals surface area contributed by atoms with Crippen LogP contribution < -0.4 is 0 Å². The van der Waals surface area contributed by atoms with Crippen LogP contribution in [0.5, 0.6) is 0 Å². The van der Waals surface area contributed by atoms with Crippen molar-refractivity contribution in [2.24, 2.45) is 5.10 Å². The molecule has 0 aromatic carbocycles. The molecule has 0 radical (unpaired) electrons. The number of alkyl halides is 3. The molecular weight excluding hydrogens is 335 g/mol. The number of carbonyl (C=O) groups excluding carboxylic acids is 1. The van der Waals surface area contributed by atoms with Crippen LogP contribution in [0.1, 0.15) is 57.4 Å². The zero-order chi connectivity index (χ0) is 18.5. The molecule has 138 valence electrons. The molecule has 2 rings (SSSR count). The molecule has 0 saturated heterocycles. The van der Waals surface area contributed by atoms with Gasteiger partial charge in [-0.25, -0.2) is 0 Å². The van der Waals surface area contributed by atoms with E-state index in [2.05, 4.69) is 10.1 Å². The van der Waals surface area contributed by atoms with Crippen LogP contribution in [0.15, 0.2) is 29.6 Å². The Morgan fingerprint density at radius 2 is 2.04 bits per heavy atom. The summed E-state index contributed by atoms with van der Waals surface area (Å²) < 4.78 is 40.2. The van der Waals surface area contributed by atoms with Gasteiger partial charge in [-0.2, -0.15) is 23.3 Å². The average molecular weight is 357 g/mol. The molecule has 1 aromatic rings. The van der Waals surface area contributed by atoms with E-state index < -0.39 is 24.2 Å². The van der Waals surface area contributed by atoms with Crippen LogP contribution in [0.3, 0.4) is 0 Å². The minimum atomic E-state index is -5.00. The number of amides is 1. The van der Waals surface area contributed by atoms with Crippen molar-refractivity contribution < 1.29 is 23.1 Å². The molecule has 1 aliphatic rings. The molecule has 0 unspecified atom stereocenters. The summed E-state index contributed by atoms with van der Waals surface area (Å²) in [5.41, 5.74) is -2.96. The lowest BCUT2D eigenvalue weighted by atomic mass is 10.0. The maximum Gasteiger partial charge on any atom is 0.438 e. The quantitative estimate of drug-likeness (QED) is 0.758. The monoisotopic (exact) mass is 357 g/mol. The highest BCUT2D eigenvalue weighted by atomic mass is 19.4. The van der Waals surface area contributed by atoms with E-state index in [4.69, 9.17) is 0 Å². The topological polar surface area (TPSA) is 65.8 Å². The standard InChI is InChI=1S/C17H22F3N3O2/c1-2-3-4-5-6-9-15(24)23-16(25,17(18,19)20)11-14(22-23)13-8-7-10-21-12-13/h7-8,10,12,25H,2-6,9,11H2,1H3/t16-/m0/s1. The third kappa shape index (κ3) is 4.36. The van der Waals surface area contributed by atoms with Crippen molar-refractivity contribution in [1.82, 2.24) is 9.99 Å². The highest BCUT2D eigenvalue weighted by molar-refractivity contribution is 6.03. The van der Waals surface area contributed by atoms with Crippen molar-refractivity contribution in [3.05, 3.63) is 30.1 Å². The predicted octanol–water partition coefficient (Wildman–Crippen LogP) is 3.63. The Bertz CT molecular complexity index is 619. The molecule has 1 aromatic heterocycles. The van der Waals surface area contributed by atoms with E-state index in [0.29, 0.717) is 12.0 Å². The van der Waals surface area contributed by atoms with Crippen LogP contribution in [0.2, 0.25) is 0 Å². The molecule has 8 heteroatoms. The maximum absolute atomic E-state index is 13.4. The Hall–Kier alpha value is -1.96. The third-order valence-corrected chi connectivity index (χ3v) is 4.16. The van der Waals surface area contributed by atoms with Gasteiger partial charge in [-0.05, 0) is 12.5 Å². The van der Waals surface area contributed by atoms with Crippen molar-refractivity contribution in [3.8, 4) is 0 Å². The fourth-order valence-corrected chi connectivity index (χ4v) is 2.71. The number of hydrogen-bond acceptors (Lipinski definition) is 4. The molecule has 1 amide bonds. The number of hydrogen-bond donors (Lipinski definition) is 1.